The highest BCUT2D eigenvalue weighted by Gasteiger charge is 2.43. The van der Waals surface area contributed by atoms with E-state index in [0.717, 1.165) is 34.1 Å². The zero-order valence-corrected chi connectivity index (χ0v) is 23.9. The molecule has 0 bridgehead atoms. The van der Waals surface area contributed by atoms with Crippen LogP contribution in [0, 0.1) is 27.7 Å². The Bertz CT molecular complexity index is 1660. The second kappa shape index (κ2) is 10.6. The standard InChI is InChI=1S/C34H32N4OS/c1-22-12-8-9-16-30(22)39-28-19-17-27(18-20-28)38-33(32(36-34(38)40)29-15-10-11-21-35-29)31-23(2)24(3)37(25(31)4)26-13-6-5-7-14-26/h5-21,32-33H,1-4H3,(H,36,40)/t32-,33+/m0/s1. The van der Waals surface area contributed by atoms with Crippen molar-refractivity contribution < 1.29 is 4.74 Å². The molecule has 0 aliphatic carbocycles. The lowest BCUT2D eigenvalue weighted by Crippen LogP contribution is -2.29. The number of hydrogen-bond donors (Lipinski definition) is 1. The molecule has 2 atom stereocenters. The third kappa shape index (κ3) is 4.54. The highest BCUT2D eigenvalue weighted by atomic mass is 32.1. The first-order valence-electron chi connectivity index (χ1n) is 13.5. The van der Waals surface area contributed by atoms with Crippen molar-refractivity contribution in [3.63, 3.8) is 0 Å². The van der Waals surface area contributed by atoms with Gasteiger partial charge in [0.15, 0.2) is 5.11 Å². The molecule has 0 unspecified atom stereocenters. The normalized spacial score (nSPS) is 16.7. The van der Waals surface area contributed by atoms with E-state index in [2.05, 4.69) is 97.1 Å². The van der Waals surface area contributed by atoms with E-state index in [9.17, 15) is 0 Å². The number of nitrogens with one attached hydrogen (secondary N) is 1. The molecule has 5 nitrogen and oxygen atoms in total. The molecule has 5 aromatic rings. The maximum atomic E-state index is 6.18. The van der Waals surface area contributed by atoms with E-state index in [1.54, 1.807) is 0 Å². The van der Waals surface area contributed by atoms with Crippen LogP contribution in [0.25, 0.3) is 5.69 Å². The Morgan fingerprint density at radius 2 is 1.45 bits per heavy atom. The number of anilines is 1. The van der Waals surface area contributed by atoms with Crippen molar-refractivity contribution in [2.45, 2.75) is 39.8 Å². The molecule has 1 aliphatic heterocycles. The third-order valence-corrected chi connectivity index (χ3v) is 8.17. The Kier molecular flexibility index (Phi) is 6.86. The van der Waals surface area contributed by atoms with Crippen molar-refractivity contribution in [3.05, 3.63) is 137 Å². The second-order valence-corrected chi connectivity index (χ2v) is 10.6. The van der Waals surface area contributed by atoms with Crippen molar-refractivity contribution >= 4 is 23.0 Å². The smallest absolute Gasteiger partial charge is 0.174 e. The van der Waals surface area contributed by atoms with Crippen LogP contribution >= 0.6 is 12.2 Å². The number of hydrogen-bond acceptors (Lipinski definition) is 3. The monoisotopic (exact) mass is 544 g/mol. The lowest BCUT2D eigenvalue weighted by atomic mass is 9.93. The number of rotatable bonds is 6. The van der Waals surface area contributed by atoms with Crippen LogP contribution in [0.3, 0.4) is 0 Å². The van der Waals surface area contributed by atoms with Gasteiger partial charge in [-0.1, -0.05) is 42.5 Å². The SMILES string of the molecule is Cc1ccccc1Oc1ccc(N2C(=S)N[C@@H](c3ccccn3)[C@H]2c2c(C)c(C)n(-c3ccccc3)c2C)cc1. The average molecular weight is 545 g/mol. The van der Waals surface area contributed by atoms with Crippen molar-refractivity contribution in [3.8, 4) is 17.2 Å². The van der Waals surface area contributed by atoms with Crippen LogP contribution in [0.5, 0.6) is 11.5 Å². The molecule has 0 radical (unpaired) electrons. The Hall–Kier alpha value is -4.42. The molecule has 40 heavy (non-hydrogen) atoms. The fourth-order valence-electron chi connectivity index (χ4n) is 5.81. The zero-order chi connectivity index (χ0) is 27.8. The summed E-state index contributed by atoms with van der Waals surface area (Å²) in [4.78, 5) is 6.97. The van der Waals surface area contributed by atoms with Gasteiger partial charge in [0.1, 0.15) is 11.5 Å². The second-order valence-electron chi connectivity index (χ2n) is 10.2. The van der Waals surface area contributed by atoms with Crippen LogP contribution in [-0.4, -0.2) is 14.7 Å². The van der Waals surface area contributed by atoms with Crippen LogP contribution in [0.4, 0.5) is 5.69 Å². The van der Waals surface area contributed by atoms with Gasteiger partial charge in [-0.2, -0.15) is 0 Å². The molecule has 0 saturated carbocycles. The number of para-hydroxylation sites is 2. The fraction of sp³-hybridized carbons (Fsp3) is 0.176. The van der Waals surface area contributed by atoms with Gasteiger partial charge in [-0.25, -0.2) is 0 Å². The Morgan fingerprint density at radius 3 is 2.15 bits per heavy atom. The lowest BCUT2D eigenvalue weighted by molar-refractivity contribution is 0.479. The molecule has 1 N–H and O–H groups in total. The summed E-state index contributed by atoms with van der Waals surface area (Å²) in [6.07, 6.45) is 1.84. The topological polar surface area (TPSA) is 42.3 Å². The largest absolute Gasteiger partial charge is 0.457 e. The average Bonchev–Trinajstić information content (AvgIpc) is 3.42. The summed E-state index contributed by atoms with van der Waals surface area (Å²) >= 11 is 6.00. The van der Waals surface area contributed by atoms with E-state index in [-0.39, 0.29) is 12.1 Å². The number of nitrogens with zero attached hydrogens (tertiary/aromatic N) is 3. The van der Waals surface area contributed by atoms with E-state index in [1.165, 1.54) is 22.5 Å². The summed E-state index contributed by atoms with van der Waals surface area (Å²) in [5.41, 5.74) is 9.13. The van der Waals surface area contributed by atoms with Gasteiger partial charge in [0.05, 0.1) is 17.8 Å². The van der Waals surface area contributed by atoms with Crippen LogP contribution in [0.1, 0.15) is 45.9 Å². The van der Waals surface area contributed by atoms with Crippen molar-refractivity contribution in [1.82, 2.24) is 14.9 Å². The highest BCUT2D eigenvalue weighted by Crippen LogP contribution is 2.45. The highest BCUT2D eigenvalue weighted by molar-refractivity contribution is 7.80. The first-order valence-corrected chi connectivity index (χ1v) is 13.9. The molecule has 1 fully saturated rings. The van der Waals surface area contributed by atoms with Gasteiger partial charge in [0.2, 0.25) is 0 Å². The van der Waals surface area contributed by atoms with Gasteiger partial charge in [0, 0.05) is 34.5 Å². The first kappa shape index (κ1) is 25.8. The minimum atomic E-state index is -0.111. The number of ether oxygens (including phenoxy) is 1. The summed E-state index contributed by atoms with van der Waals surface area (Å²) in [5.74, 6) is 1.64. The van der Waals surface area contributed by atoms with Gasteiger partial charge in [-0.3, -0.25) is 4.98 Å². The molecule has 1 aliphatic rings. The number of pyridine rings is 1. The molecule has 1 saturated heterocycles. The van der Waals surface area contributed by atoms with Gasteiger partial charge in [0.25, 0.3) is 0 Å². The van der Waals surface area contributed by atoms with Gasteiger partial charge in [-0.15, -0.1) is 0 Å². The summed E-state index contributed by atoms with van der Waals surface area (Å²) in [7, 11) is 0. The summed E-state index contributed by atoms with van der Waals surface area (Å²) < 4.78 is 8.53. The van der Waals surface area contributed by atoms with Crippen molar-refractivity contribution in [2.24, 2.45) is 0 Å². The fourth-order valence-corrected chi connectivity index (χ4v) is 6.15. The molecule has 6 heteroatoms. The van der Waals surface area contributed by atoms with Gasteiger partial charge < -0.3 is 19.5 Å². The summed E-state index contributed by atoms with van der Waals surface area (Å²) in [5, 5.41) is 4.28. The predicted octanol–water partition coefficient (Wildman–Crippen LogP) is 8.08. The summed E-state index contributed by atoms with van der Waals surface area (Å²) in [6.45, 7) is 8.66. The molecule has 6 rings (SSSR count). The minimum Gasteiger partial charge on any atom is -0.457 e. The minimum absolute atomic E-state index is 0.0887. The Morgan fingerprint density at radius 1 is 0.750 bits per heavy atom. The van der Waals surface area contributed by atoms with Crippen molar-refractivity contribution in [1.29, 1.82) is 0 Å². The van der Waals surface area contributed by atoms with Crippen molar-refractivity contribution in [2.75, 3.05) is 4.90 Å². The number of benzene rings is 3. The number of aromatic nitrogens is 2. The quantitative estimate of drug-likeness (QED) is 0.219. The number of thiocarbonyl (C=S) groups is 1. The first-order chi connectivity index (χ1) is 19.4. The molecular weight excluding hydrogens is 512 g/mol. The summed E-state index contributed by atoms with van der Waals surface area (Å²) in [6, 6.07) is 32.6. The third-order valence-electron chi connectivity index (χ3n) is 7.85. The van der Waals surface area contributed by atoms with Crippen LogP contribution in [0.2, 0.25) is 0 Å². The Labute approximate surface area is 241 Å². The molecule has 0 spiro atoms. The van der Waals surface area contributed by atoms with E-state index < -0.39 is 0 Å². The molecular formula is C34H32N4OS. The molecule has 3 aromatic carbocycles. The van der Waals surface area contributed by atoms with E-state index >= 15 is 0 Å². The molecule has 200 valence electrons. The predicted molar refractivity (Wildman–Crippen MR) is 166 cm³/mol. The maximum Gasteiger partial charge on any atom is 0.174 e. The molecule has 0 amide bonds. The van der Waals surface area contributed by atoms with Gasteiger partial charge in [-0.05, 0) is 106 Å². The van der Waals surface area contributed by atoms with E-state index in [1.807, 2.05) is 48.7 Å². The molecule has 2 aromatic heterocycles. The van der Waals surface area contributed by atoms with Crippen LogP contribution in [0.15, 0.2) is 103 Å². The Balaban J connectivity index is 1.44. The molecule has 3 heterocycles. The number of aryl methyl sites for hydroxylation is 1. The van der Waals surface area contributed by atoms with E-state index in [0.29, 0.717) is 5.11 Å². The van der Waals surface area contributed by atoms with E-state index in [4.69, 9.17) is 21.9 Å². The maximum absolute atomic E-state index is 6.18. The van der Waals surface area contributed by atoms with Gasteiger partial charge >= 0.3 is 0 Å². The lowest BCUT2D eigenvalue weighted by Gasteiger charge is -2.29. The van der Waals surface area contributed by atoms with Crippen LogP contribution in [-0.2, 0) is 0 Å². The van der Waals surface area contributed by atoms with Crippen LogP contribution < -0.4 is 15.0 Å². The zero-order valence-electron chi connectivity index (χ0n) is 23.1.